The molecule has 7 nitrogen and oxygen atoms in total. The van der Waals surface area contributed by atoms with Crippen molar-refractivity contribution in [1.82, 2.24) is 18.2 Å². The molecular weight excluding hydrogens is 310 g/mol. The number of pyridine rings is 1. The van der Waals surface area contributed by atoms with Crippen LogP contribution in [0, 0.1) is 0 Å². The smallest absolute Gasteiger partial charge is 0.311 e. The zero-order valence-corrected chi connectivity index (χ0v) is 11.5. The summed E-state index contributed by atoms with van der Waals surface area (Å²) in [6, 6.07) is 3.31. The van der Waals surface area contributed by atoms with Crippen LogP contribution in [-0.4, -0.2) is 40.8 Å². The van der Waals surface area contributed by atoms with Gasteiger partial charge in [-0.3, -0.25) is 0 Å². The number of nitrogens with two attached hydrogens (primary N) is 1. The molecule has 2 aromatic heterocycles. The molecule has 0 fully saturated rings. The Hall–Kier alpha value is -1.19. The van der Waals surface area contributed by atoms with Crippen molar-refractivity contribution in [2.24, 2.45) is 0 Å². The summed E-state index contributed by atoms with van der Waals surface area (Å²) in [6.45, 7) is 0. The summed E-state index contributed by atoms with van der Waals surface area (Å²) < 4.78 is 26.6. The highest BCUT2D eigenvalue weighted by atomic mass is 79.9. The number of imidazole rings is 1. The Bertz CT molecular complexity index is 679. The van der Waals surface area contributed by atoms with E-state index in [2.05, 4.69) is 25.9 Å². The molecule has 92 valence electrons. The molecule has 2 N–H and O–H groups in total. The van der Waals surface area contributed by atoms with Crippen LogP contribution in [0.4, 0.5) is 5.95 Å². The third kappa shape index (κ3) is 1.90. The first-order valence-corrected chi connectivity index (χ1v) is 6.76. The number of nitrogen functional groups attached to an aromatic ring is 1. The monoisotopic (exact) mass is 319 g/mol. The predicted octanol–water partition coefficient (Wildman–Crippen LogP) is 0.431. The molecule has 2 aromatic rings. The van der Waals surface area contributed by atoms with Crippen LogP contribution in [0.15, 0.2) is 16.7 Å². The molecule has 0 aliphatic heterocycles. The Balaban J connectivity index is 2.86. The van der Waals surface area contributed by atoms with Crippen molar-refractivity contribution >= 4 is 43.3 Å². The number of halogens is 1. The fourth-order valence-corrected chi connectivity index (χ4v) is 2.58. The molecule has 0 aromatic carbocycles. The molecule has 0 amide bonds. The third-order valence-corrected chi connectivity index (χ3v) is 4.33. The van der Waals surface area contributed by atoms with Crippen LogP contribution in [0.1, 0.15) is 0 Å². The Morgan fingerprint density at radius 1 is 1.35 bits per heavy atom. The van der Waals surface area contributed by atoms with Gasteiger partial charge in [-0.25, -0.2) is 9.97 Å². The van der Waals surface area contributed by atoms with Crippen molar-refractivity contribution in [2.45, 2.75) is 0 Å². The van der Waals surface area contributed by atoms with E-state index in [1.807, 2.05) is 0 Å². The van der Waals surface area contributed by atoms with Gasteiger partial charge in [0, 0.05) is 14.1 Å². The van der Waals surface area contributed by atoms with Gasteiger partial charge in [-0.05, 0) is 28.1 Å². The molecular formula is C8H10BrN5O2S. The fourth-order valence-electron chi connectivity index (χ4n) is 1.32. The number of anilines is 1. The fraction of sp³-hybridized carbons (Fsp3) is 0.250. The number of nitrogens with zero attached hydrogens (tertiary/aromatic N) is 4. The van der Waals surface area contributed by atoms with E-state index in [-0.39, 0.29) is 11.6 Å². The number of hydrogen-bond acceptors (Lipinski definition) is 5. The second-order valence-electron chi connectivity index (χ2n) is 3.50. The summed E-state index contributed by atoms with van der Waals surface area (Å²) >= 11 is 3.18. The van der Waals surface area contributed by atoms with Gasteiger partial charge in [0.2, 0.25) is 5.95 Å². The van der Waals surface area contributed by atoms with E-state index in [0.29, 0.717) is 10.1 Å². The summed E-state index contributed by atoms with van der Waals surface area (Å²) in [5.41, 5.74) is 6.24. The average molecular weight is 320 g/mol. The lowest BCUT2D eigenvalue weighted by molar-refractivity contribution is 0.512. The summed E-state index contributed by atoms with van der Waals surface area (Å²) in [4.78, 5) is 8.03. The van der Waals surface area contributed by atoms with Gasteiger partial charge >= 0.3 is 10.2 Å². The van der Waals surface area contributed by atoms with Gasteiger partial charge in [0.05, 0.1) is 0 Å². The summed E-state index contributed by atoms with van der Waals surface area (Å²) in [5.74, 6) is -0.112. The van der Waals surface area contributed by atoms with Crippen molar-refractivity contribution in [3.63, 3.8) is 0 Å². The number of aromatic nitrogens is 3. The van der Waals surface area contributed by atoms with Crippen molar-refractivity contribution in [3.8, 4) is 0 Å². The van der Waals surface area contributed by atoms with E-state index in [1.165, 1.54) is 14.1 Å². The first kappa shape index (κ1) is 12.3. The lowest BCUT2D eigenvalue weighted by Crippen LogP contribution is -2.29. The zero-order chi connectivity index (χ0) is 12.8. The molecule has 0 aliphatic rings. The maximum absolute atomic E-state index is 12.1. The van der Waals surface area contributed by atoms with E-state index in [0.717, 1.165) is 8.28 Å². The second-order valence-corrected chi connectivity index (χ2v) is 6.30. The minimum Gasteiger partial charge on any atom is -0.368 e. The van der Waals surface area contributed by atoms with Crippen LogP contribution in [0.25, 0.3) is 11.2 Å². The molecule has 0 saturated heterocycles. The Morgan fingerprint density at radius 2 is 2.00 bits per heavy atom. The highest BCUT2D eigenvalue weighted by Gasteiger charge is 2.23. The largest absolute Gasteiger partial charge is 0.368 e. The van der Waals surface area contributed by atoms with Gasteiger partial charge < -0.3 is 5.73 Å². The Kier molecular flexibility index (Phi) is 2.84. The minimum atomic E-state index is -3.73. The summed E-state index contributed by atoms with van der Waals surface area (Å²) in [6.07, 6.45) is 0. The Morgan fingerprint density at radius 3 is 2.59 bits per heavy atom. The molecule has 0 aliphatic carbocycles. The first-order chi connectivity index (χ1) is 7.84. The van der Waals surface area contributed by atoms with Crippen LogP contribution >= 0.6 is 15.9 Å². The predicted molar refractivity (Wildman–Crippen MR) is 67.6 cm³/mol. The second kappa shape index (κ2) is 3.93. The quantitative estimate of drug-likeness (QED) is 0.810. The molecule has 0 spiro atoms. The summed E-state index contributed by atoms with van der Waals surface area (Å²) in [5, 5.41) is 0. The van der Waals surface area contributed by atoms with E-state index in [1.54, 1.807) is 12.1 Å². The SMILES string of the molecule is CN(C)S(=O)(=O)n1c(N)nc2ccc(Br)nc21. The highest BCUT2D eigenvalue weighted by Crippen LogP contribution is 2.21. The van der Waals surface area contributed by atoms with Gasteiger partial charge in [-0.1, -0.05) is 0 Å². The molecule has 9 heteroatoms. The number of hydrogen-bond donors (Lipinski definition) is 1. The first-order valence-electron chi connectivity index (χ1n) is 4.57. The lowest BCUT2D eigenvalue weighted by atomic mass is 10.4. The molecule has 0 radical (unpaired) electrons. The van der Waals surface area contributed by atoms with Gasteiger partial charge in [0.1, 0.15) is 10.1 Å². The van der Waals surface area contributed by atoms with Crippen LogP contribution in [0.3, 0.4) is 0 Å². The van der Waals surface area contributed by atoms with Crippen molar-refractivity contribution in [3.05, 3.63) is 16.7 Å². The maximum Gasteiger partial charge on any atom is 0.311 e. The van der Waals surface area contributed by atoms with E-state index >= 15 is 0 Å². The molecule has 0 atom stereocenters. The van der Waals surface area contributed by atoms with Crippen LogP contribution in [0.2, 0.25) is 0 Å². The van der Waals surface area contributed by atoms with Crippen LogP contribution < -0.4 is 5.73 Å². The van der Waals surface area contributed by atoms with E-state index in [9.17, 15) is 8.42 Å². The van der Waals surface area contributed by atoms with E-state index in [4.69, 9.17) is 5.73 Å². The number of rotatable bonds is 2. The Labute approximate surface area is 107 Å². The molecule has 0 bridgehead atoms. The van der Waals surface area contributed by atoms with E-state index < -0.39 is 10.2 Å². The van der Waals surface area contributed by atoms with Gasteiger partial charge in [0.15, 0.2) is 5.65 Å². The van der Waals surface area contributed by atoms with Crippen molar-refractivity contribution in [1.29, 1.82) is 0 Å². The van der Waals surface area contributed by atoms with Crippen LogP contribution in [0.5, 0.6) is 0 Å². The molecule has 2 rings (SSSR count). The van der Waals surface area contributed by atoms with Crippen molar-refractivity contribution < 1.29 is 8.42 Å². The maximum atomic E-state index is 12.1. The number of fused-ring (bicyclic) bond motifs is 1. The average Bonchev–Trinajstić information content (AvgIpc) is 2.53. The van der Waals surface area contributed by atoms with Gasteiger partial charge in [-0.15, -0.1) is 0 Å². The summed E-state index contributed by atoms with van der Waals surface area (Å²) in [7, 11) is -0.898. The van der Waals surface area contributed by atoms with Crippen molar-refractivity contribution in [2.75, 3.05) is 19.8 Å². The van der Waals surface area contributed by atoms with Gasteiger partial charge in [0.25, 0.3) is 0 Å². The molecule has 2 heterocycles. The topological polar surface area (TPSA) is 94.1 Å². The lowest BCUT2D eigenvalue weighted by Gasteiger charge is -2.13. The minimum absolute atomic E-state index is 0.112. The van der Waals surface area contributed by atoms with Crippen LogP contribution in [-0.2, 0) is 10.2 Å². The highest BCUT2D eigenvalue weighted by molar-refractivity contribution is 9.10. The molecule has 0 saturated carbocycles. The third-order valence-electron chi connectivity index (χ3n) is 2.15. The molecule has 17 heavy (non-hydrogen) atoms. The zero-order valence-electron chi connectivity index (χ0n) is 9.12. The standard InChI is InChI=1S/C8H10BrN5O2S/c1-13(2)17(15,16)14-7-5(11-8(14)10)3-4-6(9)12-7/h3-4H,1-2H3,(H2,10,11). The van der Waals surface area contributed by atoms with Gasteiger partial charge in [-0.2, -0.15) is 16.7 Å². The normalized spacial score (nSPS) is 12.5. The molecule has 0 unspecified atom stereocenters.